The molecule has 0 unspecified atom stereocenters. The molecule has 1 atom stereocenters. The van der Waals surface area contributed by atoms with E-state index in [0.717, 1.165) is 37.2 Å². The smallest absolute Gasteiger partial charge is 0.291 e. The summed E-state index contributed by atoms with van der Waals surface area (Å²) in [6.07, 6.45) is 0.921. The summed E-state index contributed by atoms with van der Waals surface area (Å²) in [6, 6.07) is 0. The molecular formula is C10H15F2N3OS. The molecule has 0 aliphatic carbocycles. The Labute approximate surface area is 103 Å². The molecule has 1 aromatic heterocycles. The first-order chi connectivity index (χ1) is 8.16. The van der Waals surface area contributed by atoms with E-state index in [0.29, 0.717) is 11.7 Å². The second-order valence-electron chi connectivity index (χ2n) is 4.09. The summed E-state index contributed by atoms with van der Waals surface area (Å²) in [6.45, 7) is 1.47. The molecule has 0 saturated carbocycles. The number of hydrogen-bond acceptors (Lipinski definition) is 5. The van der Waals surface area contributed by atoms with Gasteiger partial charge in [-0.05, 0) is 19.3 Å². The SMILES string of the molecule is CN(C[C@@H]1CCCCO1)c1nnc(C(F)F)s1. The molecule has 4 nitrogen and oxygen atoms in total. The van der Waals surface area contributed by atoms with Crippen LogP contribution in [-0.2, 0) is 4.74 Å². The van der Waals surface area contributed by atoms with Gasteiger partial charge < -0.3 is 9.64 Å². The van der Waals surface area contributed by atoms with E-state index in [1.807, 2.05) is 11.9 Å². The molecule has 0 N–H and O–H groups in total. The third kappa shape index (κ3) is 3.32. The van der Waals surface area contributed by atoms with E-state index in [2.05, 4.69) is 10.2 Å². The first kappa shape index (κ1) is 12.6. The number of nitrogens with zero attached hydrogens (tertiary/aromatic N) is 3. The predicted molar refractivity (Wildman–Crippen MR) is 61.7 cm³/mol. The van der Waals surface area contributed by atoms with Crippen LogP contribution in [0.1, 0.15) is 30.7 Å². The van der Waals surface area contributed by atoms with E-state index in [1.165, 1.54) is 0 Å². The van der Waals surface area contributed by atoms with Crippen LogP contribution in [0.3, 0.4) is 0 Å². The lowest BCUT2D eigenvalue weighted by atomic mass is 10.1. The Bertz CT molecular complexity index is 355. The van der Waals surface area contributed by atoms with E-state index >= 15 is 0 Å². The topological polar surface area (TPSA) is 38.2 Å². The van der Waals surface area contributed by atoms with Crippen molar-refractivity contribution in [2.75, 3.05) is 25.1 Å². The van der Waals surface area contributed by atoms with Crippen molar-refractivity contribution in [3.63, 3.8) is 0 Å². The minimum absolute atomic E-state index is 0.174. The Balaban J connectivity index is 1.91. The van der Waals surface area contributed by atoms with Crippen molar-refractivity contribution in [1.29, 1.82) is 0 Å². The quantitative estimate of drug-likeness (QED) is 0.836. The average molecular weight is 263 g/mol. The van der Waals surface area contributed by atoms with Gasteiger partial charge in [-0.15, -0.1) is 10.2 Å². The van der Waals surface area contributed by atoms with E-state index in [1.54, 1.807) is 0 Å². The maximum Gasteiger partial charge on any atom is 0.291 e. The average Bonchev–Trinajstić information content (AvgIpc) is 2.79. The zero-order chi connectivity index (χ0) is 12.3. The maximum atomic E-state index is 12.4. The van der Waals surface area contributed by atoms with Gasteiger partial charge in [0.05, 0.1) is 6.10 Å². The van der Waals surface area contributed by atoms with Crippen LogP contribution in [0.2, 0.25) is 0 Å². The number of rotatable bonds is 4. The van der Waals surface area contributed by atoms with Crippen LogP contribution in [-0.4, -0.2) is 36.5 Å². The summed E-state index contributed by atoms with van der Waals surface area (Å²) >= 11 is 0.936. The minimum atomic E-state index is -2.54. The molecule has 2 heterocycles. The van der Waals surface area contributed by atoms with E-state index in [9.17, 15) is 8.78 Å². The van der Waals surface area contributed by atoms with E-state index in [-0.39, 0.29) is 11.1 Å². The summed E-state index contributed by atoms with van der Waals surface area (Å²) in [5.41, 5.74) is 0. The number of ether oxygens (including phenoxy) is 1. The zero-order valence-corrected chi connectivity index (χ0v) is 10.4. The van der Waals surface area contributed by atoms with Crippen molar-refractivity contribution in [3.8, 4) is 0 Å². The number of aromatic nitrogens is 2. The van der Waals surface area contributed by atoms with Gasteiger partial charge in [0.1, 0.15) is 0 Å². The normalized spacial score (nSPS) is 20.8. The van der Waals surface area contributed by atoms with Gasteiger partial charge in [-0.25, -0.2) is 8.78 Å². The van der Waals surface area contributed by atoms with Gasteiger partial charge in [-0.2, -0.15) is 0 Å². The second kappa shape index (κ2) is 5.68. The van der Waals surface area contributed by atoms with Crippen molar-refractivity contribution in [2.45, 2.75) is 31.8 Å². The number of hydrogen-bond donors (Lipinski definition) is 0. The van der Waals surface area contributed by atoms with Crippen molar-refractivity contribution < 1.29 is 13.5 Å². The van der Waals surface area contributed by atoms with Crippen molar-refractivity contribution in [3.05, 3.63) is 5.01 Å². The summed E-state index contributed by atoms with van der Waals surface area (Å²) in [5, 5.41) is 7.52. The van der Waals surface area contributed by atoms with Gasteiger partial charge in [0.15, 0.2) is 5.01 Å². The van der Waals surface area contributed by atoms with Crippen LogP contribution in [0.15, 0.2) is 0 Å². The lowest BCUT2D eigenvalue weighted by molar-refractivity contribution is 0.0216. The number of alkyl halides is 2. The molecule has 1 fully saturated rings. The first-order valence-electron chi connectivity index (χ1n) is 5.61. The third-order valence-corrected chi connectivity index (χ3v) is 3.74. The van der Waals surface area contributed by atoms with Gasteiger partial charge in [-0.3, -0.25) is 0 Å². The predicted octanol–water partition coefficient (Wildman–Crippen LogP) is 2.48. The summed E-state index contributed by atoms with van der Waals surface area (Å²) in [5.74, 6) is 0. The van der Waals surface area contributed by atoms with Crippen LogP contribution in [0.5, 0.6) is 0 Å². The fourth-order valence-electron chi connectivity index (χ4n) is 1.80. The Hall–Kier alpha value is -0.820. The fraction of sp³-hybridized carbons (Fsp3) is 0.800. The van der Waals surface area contributed by atoms with Crippen LogP contribution in [0.4, 0.5) is 13.9 Å². The highest BCUT2D eigenvalue weighted by atomic mass is 32.1. The highest BCUT2D eigenvalue weighted by molar-refractivity contribution is 7.15. The Morgan fingerprint density at radius 2 is 2.29 bits per heavy atom. The molecule has 0 aromatic carbocycles. The molecule has 1 aromatic rings. The minimum Gasteiger partial charge on any atom is -0.376 e. The first-order valence-corrected chi connectivity index (χ1v) is 6.42. The van der Waals surface area contributed by atoms with Gasteiger partial charge >= 0.3 is 0 Å². The monoisotopic (exact) mass is 263 g/mol. The van der Waals surface area contributed by atoms with Crippen LogP contribution < -0.4 is 4.90 Å². The zero-order valence-electron chi connectivity index (χ0n) is 9.60. The van der Waals surface area contributed by atoms with Gasteiger partial charge in [-0.1, -0.05) is 11.3 Å². The number of likely N-dealkylation sites (N-methyl/N-ethyl adjacent to an activating group) is 1. The summed E-state index contributed by atoms with van der Waals surface area (Å²) < 4.78 is 30.3. The Morgan fingerprint density at radius 1 is 1.47 bits per heavy atom. The molecule has 1 saturated heterocycles. The summed E-state index contributed by atoms with van der Waals surface area (Å²) in [7, 11) is 1.83. The molecule has 0 amide bonds. The molecule has 2 rings (SSSR count). The molecule has 1 aliphatic heterocycles. The van der Waals surface area contributed by atoms with Crippen LogP contribution in [0.25, 0.3) is 0 Å². The molecule has 0 bridgehead atoms. The second-order valence-corrected chi connectivity index (χ2v) is 5.08. The molecule has 96 valence electrons. The van der Waals surface area contributed by atoms with Crippen molar-refractivity contribution in [1.82, 2.24) is 10.2 Å². The van der Waals surface area contributed by atoms with Gasteiger partial charge in [0, 0.05) is 20.2 Å². The largest absolute Gasteiger partial charge is 0.376 e. The van der Waals surface area contributed by atoms with Crippen LogP contribution >= 0.6 is 11.3 Å². The summed E-state index contributed by atoms with van der Waals surface area (Å²) in [4.78, 5) is 1.83. The lowest BCUT2D eigenvalue weighted by Crippen LogP contribution is -2.33. The molecule has 7 heteroatoms. The van der Waals surface area contributed by atoms with Gasteiger partial charge in [0.25, 0.3) is 6.43 Å². The third-order valence-electron chi connectivity index (χ3n) is 2.69. The molecule has 1 aliphatic rings. The number of halogens is 2. The molecule has 0 radical (unpaired) electrons. The van der Waals surface area contributed by atoms with E-state index < -0.39 is 6.43 Å². The maximum absolute atomic E-state index is 12.4. The van der Waals surface area contributed by atoms with Crippen LogP contribution in [0, 0.1) is 0 Å². The standard InChI is InChI=1S/C10H15F2N3OS/c1-15(6-7-4-2-3-5-16-7)10-14-13-9(17-10)8(11)12/h7-8H,2-6H2,1H3/t7-/m0/s1. The lowest BCUT2D eigenvalue weighted by Gasteiger charge is -2.26. The van der Waals surface area contributed by atoms with Crippen molar-refractivity contribution >= 4 is 16.5 Å². The highest BCUT2D eigenvalue weighted by Gasteiger charge is 2.20. The fourth-order valence-corrected chi connectivity index (χ4v) is 2.47. The number of anilines is 1. The van der Waals surface area contributed by atoms with Gasteiger partial charge in [0.2, 0.25) is 5.13 Å². The molecular weight excluding hydrogens is 248 g/mol. The van der Waals surface area contributed by atoms with Crippen molar-refractivity contribution in [2.24, 2.45) is 0 Å². The van der Waals surface area contributed by atoms with E-state index in [4.69, 9.17) is 4.74 Å². The Morgan fingerprint density at radius 3 is 2.88 bits per heavy atom. The molecule has 0 spiro atoms. The molecule has 17 heavy (non-hydrogen) atoms. The Kier molecular flexibility index (Phi) is 4.22. The highest BCUT2D eigenvalue weighted by Crippen LogP contribution is 2.27.